The van der Waals surface area contributed by atoms with E-state index in [9.17, 15) is 9.59 Å². The van der Waals surface area contributed by atoms with Gasteiger partial charge in [-0.2, -0.15) is 0 Å². The van der Waals surface area contributed by atoms with E-state index in [0.717, 1.165) is 0 Å². The maximum absolute atomic E-state index is 10.7. The minimum Gasteiger partial charge on any atom is -0.487 e. The molecule has 1 heterocycles. The summed E-state index contributed by atoms with van der Waals surface area (Å²) < 4.78 is 9.30. The quantitative estimate of drug-likeness (QED) is 0.496. The van der Waals surface area contributed by atoms with Crippen molar-refractivity contribution in [3.63, 3.8) is 0 Å². The molecule has 15 heavy (non-hydrogen) atoms. The van der Waals surface area contributed by atoms with Crippen LogP contribution < -0.4 is 5.46 Å². The SMILES string of the molecule is CC.O=C1OB(c2ccccc2)OC1=O. The van der Waals surface area contributed by atoms with Crippen LogP contribution in [0.1, 0.15) is 13.8 Å². The normalized spacial score (nSPS) is 13.9. The molecule has 5 heteroatoms. The standard InChI is InChI=1S/C8H5BO4.C2H6/c10-7-8(11)13-9(12-7)6-4-2-1-3-5-6;1-2/h1-5H;1-2H3. The molecule has 0 radical (unpaired) electrons. The summed E-state index contributed by atoms with van der Waals surface area (Å²) in [4.78, 5) is 21.3. The maximum Gasteiger partial charge on any atom is 0.637 e. The van der Waals surface area contributed by atoms with Crippen LogP contribution in [0.15, 0.2) is 30.3 Å². The van der Waals surface area contributed by atoms with Gasteiger partial charge in [-0.15, -0.1) is 0 Å². The molecule has 1 fully saturated rings. The van der Waals surface area contributed by atoms with Crippen LogP contribution in [0.5, 0.6) is 0 Å². The molecule has 78 valence electrons. The Hall–Kier alpha value is -1.78. The van der Waals surface area contributed by atoms with Gasteiger partial charge >= 0.3 is 19.1 Å². The van der Waals surface area contributed by atoms with Gasteiger partial charge in [0.2, 0.25) is 0 Å². The Morgan fingerprint density at radius 1 is 0.933 bits per heavy atom. The van der Waals surface area contributed by atoms with E-state index in [4.69, 9.17) is 0 Å². The molecule has 0 atom stereocenters. The summed E-state index contributed by atoms with van der Waals surface area (Å²) in [5, 5.41) is 0. The fraction of sp³-hybridized carbons (Fsp3) is 0.200. The molecule has 1 aliphatic rings. The lowest BCUT2D eigenvalue weighted by Crippen LogP contribution is -2.31. The minimum absolute atomic E-state index is 0.654. The zero-order valence-electron chi connectivity index (χ0n) is 8.60. The minimum atomic E-state index is -0.936. The highest BCUT2D eigenvalue weighted by molar-refractivity contribution is 6.70. The van der Waals surface area contributed by atoms with Crippen molar-refractivity contribution < 1.29 is 18.9 Å². The third kappa shape index (κ3) is 2.59. The first kappa shape index (κ1) is 11.3. The summed E-state index contributed by atoms with van der Waals surface area (Å²) >= 11 is 0. The lowest BCUT2D eigenvalue weighted by molar-refractivity contribution is -0.150. The van der Waals surface area contributed by atoms with Crippen molar-refractivity contribution >= 4 is 24.5 Å². The summed E-state index contributed by atoms with van der Waals surface area (Å²) in [6.07, 6.45) is 0. The number of carbonyl (C=O) groups excluding carboxylic acids is 2. The topological polar surface area (TPSA) is 52.6 Å². The van der Waals surface area contributed by atoms with Crippen LogP contribution in [0.3, 0.4) is 0 Å². The van der Waals surface area contributed by atoms with Crippen molar-refractivity contribution in [2.24, 2.45) is 0 Å². The Labute approximate surface area is 88.3 Å². The van der Waals surface area contributed by atoms with Crippen LogP contribution in [0.25, 0.3) is 0 Å². The van der Waals surface area contributed by atoms with Gasteiger partial charge in [0.15, 0.2) is 0 Å². The fourth-order valence-corrected chi connectivity index (χ4v) is 1.06. The highest BCUT2D eigenvalue weighted by Crippen LogP contribution is 2.03. The van der Waals surface area contributed by atoms with Gasteiger partial charge in [0.25, 0.3) is 0 Å². The van der Waals surface area contributed by atoms with Crippen molar-refractivity contribution in [1.82, 2.24) is 0 Å². The van der Waals surface area contributed by atoms with E-state index < -0.39 is 19.1 Å². The first-order valence-corrected chi connectivity index (χ1v) is 4.74. The van der Waals surface area contributed by atoms with Gasteiger partial charge in [0.05, 0.1) is 0 Å². The van der Waals surface area contributed by atoms with Gasteiger partial charge in [0.1, 0.15) is 0 Å². The molecule has 0 N–H and O–H groups in total. The highest BCUT2D eigenvalue weighted by atomic mass is 16.7. The van der Waals surface area contributed by atoms with Crippen LogP contribution in [-0.2, 0) is 18.9 Å². The van der Waals surface area contributed by atoms with E-state index in [1.54, 1.807) is 24.3 Å². The van der Waals surface area contributed by atoms with Gasteiger partial charge in [-0.3, -0.25) is 0 Å². The second kappa shape index (κ2) is 5.19. The number of hydrogen-bond acceptors (Lipinski definition) is 4. The Balaban J connectivity index is 0.000000531. The molecule has 1 aliphatic heterocycles. The molecule has 0 aromatic heterocycles. The zero-order valence-corrected chi connectivity index (χ0v) is 8.60. The zero-order chi connectivity index (χ0) is 11.3. The van der Waals surface area contributed by atoms with Crippen molar-refractivity contribution in [3.8, 4) is 0 Å². The van der Waals surface area contributed by atoms with E-state index >= 15 is 0 Å². The second-order valence-corrected chi connectivity index (χ2v) is 2.55. The predicted octanol–water partition coefficient (Wildman–Crippen LogP) is 0.508. The Morgan fingerprint density at radius 3 is 1.87 bits per heavy atom. The third-order valence-corrected chi connectivity index (χ3v) is 1.67. The van der Waals surface area contributed by atoms with Gasteiger partial charge in [-0.1, -0.05) is 44.2 Å². The van der Waals surface area contributed by atoms with E-state index in [1.165, 1.54) is 0 Å². The lowest BCUT2D eigenvalue weighted by Gasteiger charge is -1.99. The molecule has 0 spiro atoms. The molecular formula is C10H11BO4. The molecule has 0 amide bonds. The molecule has 4 nitrogen and oxygen atoms in total. The van der Waals surface area contributed by atoms with Gasteiger partial charge in [0, 0.05) is 5.46 Å². The van der Waals surface area contributed by atoms with E-state index in [1.807, 2.05) is 19.9 Å². The van der Waals surface area contributed by atoms with Gasteiger partial charge in [-0.25, -0.2) is 9.59 Å². The Morgan fingerprint density at radius 2 is 1.40 bits per heavy atom. The molecule has 0 saturated carbocycles. The third-order valence-electron chi connectivity index (χ3n) is 1.67. The molecule has 2 rings (SSSR count). The monoisotopic (exact) mass is 206 g/mol. The number of benzene rings is 1. The Kier molecular flexibility index (Phi) is 3.91. The fourth-order valence-electron chi connectivity index (χ4n) is 1.06. The average molecular weight is 206 g/mol. The van der Waals surface area contributed by atoms with E-state index in [-0.39, 0.29) is 0 Å². The first-order chi connectivity index (χ1) is 7.27. The molecule has 0 aliphatic carbocycles. The summed E-state index contributed by atoms with van der Waals surface area (Å²) in [5.41, 5.74) is 0.654. The van der Waals surface area contributed by atoms with Gasteiger partial charge in [-0.05, 0) is 0 Å². The first-order valence-electron chi connectivity index (χ1n) is 4.74. The summed E-state index contributed by atoms with van der Waals surface area (Å²) in [6, 6.07) is 8.81. The van der Waals surface area contributed by atoms with Gasteiger partial charge < -0.3 is 9.31 Å². The maximum atomic E-state index is 10.7. The van der Waals surface area contributed by atoms with Crippen molar-refractivity contribution in [2.75, 3.05) is 0 Å². The van der Waals surface area contributed by atoms with Crippen LogP contribution in [0, 0.1) is 0 Å². The van der Waals surface area contributed by atoms with Crippen molar-refractivity contribution in [3.05, 3.63) is 30.3 Å². The smallest absolute Gasteiger partial charge is 0.487 e. The van der Waals surface area contributed by atoms with E-state index in [0.29, 0.717) is 5.46 Å². The van der Waals surface area contributed by atoms with Crippen LogP contribution in [0.4, 0.5) is 0 Å². The molecule has 0 bridgehead atoms. The number of hydrogen-bond donors (Lipinski definition) is 0. The Bertz CT molecular complexity index is 334. The lowest BCUT2D eigenvalue weighted by atomic mass is 9.80. The average Bonchev–Trinajstić information content (AvgIpc) is 2.63. The van der Waals surface area contributed by atoms with Crippen molar-refractivity contribution in [1.29, 1.82) is 0 Å². The van der Waals surface area contributed by atoms with Crippen molar-refractivity contribution in [2.45, 2.75) is 13.8 Å². The molecular weight excluding hydrogens is 195 g/mol. The molecule has 1 saturated heterocycles. The second-order valence-electron chi connectivity index (χ2n) is 2.55. The molecule has 1 aromatic rings. The van der Waals surface area contributed by atoms with Crippen LogP contribution in [0.2, 0.25) is 0 Å². The number of carbonyl (C=O) groups is 2. The predicted molar refractivity (Wildman–Crippen MR) is 55.4 cm³/mol. The summed E-state index contributed by atoms with van der Waals surface area (Å²) in [5.74, 6) is -1.87. The summed E-state index contributed by atoms with van der Waals surface area (Å²) in [7, 11) is -0.874. The van der Waals surface area contributed by atoms with Crippen LogP contribution >= 0.6 is 0 Å². The summed E-state index contributed by atoms with van der Waals surface area (Å²) in [6.45, 7) is 4.00. The molecule has 1 aromatic carbocycles. The number of rotatable bonds is 1. The highest BCUT2D eigenvalue weighted by Gasteiger charge is 2.41. The van der Waals surface area contributed by atoms with E-state index in [2.05, 4.69) is 9.31 Å². The van der Waals surface area contributed by atoms with Crippen LogP contribution in [-0.4, -0.2) is 19.1 Å². The largest absolute Gasteiger partial charge is 0.637 e. The molecule has 0 unspecified atom stereocenters.